The van der Waals surface area contributed by atoms with Crippen LogP contribution in [-0.2, 0) is 0 Å². The molecule has 0 aliphatic rings. The van der Waals surface area contributed by atoms with Crippen LogP contribution >= 0.6 is 34.2 Å². The second-order valence-electron chi connectivity index (χ2n) is 6.82. The molecular formula is C23H13ClIN3O3. The van der Waals surface area contributed by atoms with Gasteiger partial charge in [0, 0.05) is 10.4 Å². The Morgan fingerprint density at radius 2 is 1.94 bits per heavy atom. The number of furan rings is 1. The van der Waals surface area contributed by atoms with Crippen LogP contribution in [0.5, 0.6) is 5.75 Å². The molecule has 2 heterocycles. The number of nitrogens with zero attached hydrogens (tertiary/aromatic N) is 3. The number of rotatable bonds is 3. The molecule has 0 spiro atoms. The second-order valence-corrected chi connectivity index (χ2v) is 8.42. The molecule has 152 valence electrons. The summed E-state index contributed by atoms with van der Waals surface area (Å²) in [6.07, 6.45) is 1.54. The van der Waals surface area contributed by atoms with Crippen molar-refractivity contribution in [2.24, 2.45) is 5.10 Å². The highest BCUT2D eigenvalue weighted by Crippen LogP contribution is 2.29. The van der Waals surface area contributed by atoms with E-state index in [0.717, 1.165) is 10.9 Å². The number of aromatic hydroxyl groups is 1. The molecule has 0 saturated carbocycles. The summed E-state index contributed by atoms with van der Waals surface area (Å²) >= 11 is 8.13. The van der Waals surface area contributed by atoms with Gasteiger partial charge in [-0.1, -0.05) is 23.7 Å². The molecule has 0 aliphatic heterocycles. The summed E-state index contributed by atoms with van der Waals surface area (Å²) in [6, 6.07) is 19.2. The maximum Gasteiger partial charge on any atom is 0.282 e. The van der Waals surface area contributed by atoms with E-state index >= 15 is 0 Å². The molecule has 0 bridgehead atoms. The number of benzene rings is 3. The summed E-state index contributed by atoms with van der Waals surface area (Å²) < 4.78 is 7.86. The van der Waals surface area contributed by atoms with E-state index in [-0.39, 0.29) is 17.1 Å². The Bertz CT molecular complexity index is 1560. The molecule has 0 aliphatic carbocycles. The summed E-state index contributed by atoms with van der Waals surface area (Å²) in [7, 11) is 0. The van der Waals surface area contributed by atoms with Gasteiger partial charge in [0.05, 0.1) is 20.7 Å². The Morgan fingerprint density at radius 3 is 2.77 bits per heavy atom. The Hall–Kier alpha value is -3.17. The van der Waals surface area contributed by atoms with Crippen LogP contribution in [-0.4, -0.2) is 21.0 Å². The molecular weight excluding hydrogens is 529 g/mol. The molecule has 31 heavy (non-hydrogen) atoms. The van der Waals surface area contributed by atoms with Gasteiger partial charge in [0.1, 0.15) is 11.3 Å². The van der Waals surface area contributed by atoms with Gasteiger partial charge >= 0.3 is 0 Å². The minimum atomic E-state index is -0.316. The molecule has 2 aromatic heterocycles. The SMILES string of the molecule is O=c1c2ccccc2nc(-c2cc3cc(Cl)ccc3o2)n1N=Cc1ccc(O)c(I)c1. The van der Waals surface area contributed by atoms with Crippen molar-refractivity contribution in [3.05, 3.63) is 91.2 Å². The molecule has 0 saturated heterocycles. The maximum atomic E-state index is 13.2. The fraction of sp³-hybridized carbons (Fsp3) is 0. The van der Waals surface area contributed by atoms with Gasteiger partial charge in [0.2, 0.25) is 5.82 Å². The fourth-order valence-electron chi connectivity index (χ4n) is 3.24. The van der Waals surface area contributed by atoms with Crippen molar-refractivity contribution in [1.29, 1.82) is 0 Å². The van der Waals surface area contributed by atoms with Crippen LogP contribution in [0.2, 0.25) is 5.02 Å². The Labute approximate surface area is 194 Å². The predicted octanol–water partition coefficient (Wildman–Crippen LogP) is 5.66. The Morgan fingerprint density at radius 1 is 1.10 bits per heavy atom. The van der Waals surface area contributed by atoms with E-state index in [9.17, 15) is 9.90 Å². The summed E-state index contributed by atoms with van der Waals surface area (Å²) in [5.74, 6) is 0.863. The van der Waals surface area contributed by atoms with E-state index in [1.807, 2.05) is 28.7 Å². The average molecular weight is 542 g/mol. The Balaban J connectivity index is 1.73. The zero-order valence-corrected chi connectivity index (χ0v) is 18.7. The normalized spacial score (nSPS) is 11.7. The standard InChI is InChI=1S/C23H13ClIN3O3/c24-15-6-8-20-14(10-15)11-21(31-20)22-27-18-4-2-1-3-16(18)23(30)28(22)26-12-13-5-7-19(29)17(25)9-13/h1-12,29H. The molecule has 5 aromatic rings. The number of aromatic nitrogens is 2. The number of para-hydroxylation sites is 1. The maximum absolute atomic E-state index is 13.2. The van der Waals surface area contributed by atoms with Crippen molar-refractivity contribution < 1.29 is 9.52 Å². The van der Waals surface area contributed by atoms with Crippen molar-refractivity contribution in [3.8, 4) is 17.3 Å². The lowest BCUT2D eigenvalue weighted by atomic mass is 10.2. The van der Waals surface area contributed by atoms with Gasteiger partial charge in [-0.15, -0.1) is 0 Å². The topological polar surface area (TPSA) is 80.6 Å². The Kier molecular flexibility index (Phi) is 4.99. The van der Waals surface area contributed by atoms with Crippen molar-refractivity contribution in [2.45, 2.75) is 0 Å². The van der Waals surface area contributed by atoms with E-state index in [0.29, 0.717) is 30.8 Å². The molecule has 0 unspecified atom stereocenters. The van der Waals surface area contributed by atoms with Crippen LogP contribution in [0, 0.1) is 3.57 Å². The molecule has 3 aromatic carbocycles. The van der Waals surface area contributed by atoms with E-state index in [1.54, 1.807) is 66.9 Å². The van der Waals surface area contributed by atoms with Gasteiger partial charge in [-0.25, -0.2) is 4.98 Å². The molecule has 8 heteroatoms. The lowest BCUT2D eigenvalue weighted by Crippen LogP contribution is -2.20. The van der Waals surface area contributed by atoms with Crippen LogP contribution in [0.3, 0.4) is 0 Å². The van der Waals surface area contributed by atoms with Crippen molar-refractivity contribution in [3.63, 3.8) is 0 Å². The monoisotopic (exact) mass is 541 g/mol. The van der Waals surface area contributed by atoms with Gasteiger partial charge in [-0.3, -0.25) is 4.79 Å². The van der Waals surface area contributed by atoms with E-state index in [2.05, 4.69) is 10.1 Å². The molecule has 0 fully saturated rings. The molecule has 0 atom stereocenters. The first kappa shape index (κ1) is 19.8. The second kappa shape index (κ2) is 7.82. The van der Waals surface area contributed by atoms with Crippen LogP contribution in [0.4, 0.5) is 0 Å². The van der Waals surface area contributed by atoms with Gasteiger partial charge in [0.15, 0.2) is 5.76 Å². The van der Waals surface area contributed by atoms with Crippen molar-refractivity contribution in [1.82, 2.24) is 9.66 Å². The smallest absolute Gasteiger partial charge is 0.282 e. The molecule has 6 nitrogen and oxygen atoms in total. The number of hydrogen-bond acceptors (Lipinski definition) is 5. The molecule has 1 N–H and O–H groups in total. The predicted molar refractivity (Wildman–Crippen MR) is 130 cm³/mol. The van der Waals surface area contributed by atoms with Crippen LogP contribution < -0.4 is 5.56 Å². The number of phenols is 1. The van der Waals surface area contributed by atoms with Gasteiger partial charge < -0.3 is 9.52 Å². The number of fused-ring (bicyclic) bond motifs is 2. The minimum Gasteiger partial charge on any atom is -0.507 e. The van der Waals surface area contributed by atoms with Crippen molar-refractivity contribution >= 4 is 62.3 Å². The van der Waals surface area contributed by atoms with Crippen LogP contribution in [0.25, 0.3) is 33.5 Å². The van der Waals surface area contributed by atoms with E-state index in [4.69, 9.17) is 16.0 Å². The number of hydrogen-bond donors (Lipinski definition) is 1. The zero-order valence-electron chi connectivity index (χ0n) is 15.8. The third-order valence-corrected chi connectivity index (χ3v) is 5.85. The van der Waals surface area contributed by atoms with Gasteiger partial charge in [-0.2, -0.15) is 9.78 Å². The molecule has 5 rings (SSSR count). The third kappa shape index (κ3) is 3.70. The highest BCUT2D eigenvalue weighted by atomic mass is 127. The van der Waals surface area contributed by atoms with E-state index < -0.39 is 0 Å². The number of phenolic OH excluding ortho intramolecular Hbond substituents is 1. The summed E-state index contributed by atoms with van der Waals surface area (Å²) in [6.45, 7) is 0. The first-order chi connectivity index (χ1) is 15.0. The van der Waals surface area contributed by atoms with Crippen LogP contribution in [0.15, 0.2) is 81.0 Å². The highest BCUT2D eigenvalue weighted by Gasteiger charge is 2.16. The lowest BCUT2D eigenvalue weighted by Gasteiger charge is -2.07. The molecule has 0 amide bonds. The van der Waals surface area contributed by atoms with Crippen molar-refractivity contribution in [2.75, 3.05) is 0 Å². The zero-order chi connectivity index (χ0) is 21.5. The lowest BCUT2D eigenvalue weighted by molar-refractivity contribution is 0.471. The average Bonchev–Trinajstić information content (AvgIpc) is 3.18. The summed E-state index contributed by atoms with van der Waals surface area (Å²) in [4.78, 5) is 17.9. The number of halogens is 2. The van der Waals surface area contributed by atoms with E-state index in [1.165, 1.54) is 4.68 Å². The van der Waals surface area contributed by atoms with Gasteiger partial charge in [0.25, 0.3) is 5.56 Å². The molecule has 0 radical (unpaired) electrons. The van der Waals surface area contributed by atoms with Crippen LogP contribution in [0.1, 0.15) is 5.56 Å². The largest absolute Gasteiger partial charge is 0.507 e. The van der Waals surface area contributed by atoms with Gasteiger partial charge in [-0.05, 0) is 82.8 Å². The first-order valence-corrected chi connectivity index (χ1v) is 10.7. The first-order valence-electron chi connectivity index (χ1n) is 9.24. The summed E-state index contributed by atoms with van der Waals surface area (Å²) in [5, 5.41) is 16.0. The summed E-state index contributed by atoms with van der Waals surface area (Å²) in [5.41, 5.74) is 1.59. The fourth-order valence-corrected chi connectivity index (χ4v) is 3.96. The third-order valence-electron chi connectivity index (χ3n) is 4.75. The highest BCUT2D eigenvalue weighted by molar-refractivity contribution is 14.1. The quantitative estimate of drug-likeness (QED) is 0.236. The minimum absolute atomic E-state index is 0.184.